The van der Waals surface area contributed by atoms with Crippen LogP contribution < -0.4 is 15.0 Å². The number of halogens is 1. The maximum absolute atomic E-state index is 12.0. The van der Waals surface area contributed by atoms with Crippen molar-refractivity contribution in [1.29, 1.82) is 0 Å². The van der Waals surface area contributed by atoms with Crippen molar-refractivity contribution in [2.75, 3.05) is 38.1 Å². The van der Waals surface area contributed by atoms with Crippen LogP contribution in [0.3, 0.4) is 0 Å². The number of benzene rings is 2. The van der Waals surface area contributed by atoms with Gasteiger partial charge in [-0.3, -0.25) is 9.79 Å². The number of ether oxygens (including phenoxy) is 1. The van der Waals surface area contributed by atoms with Gasteiger partial charge in [-0.05, 0) is 50.5 Å². The van der Waals surface area contributed by atoms with Gasteiger partial charge in [-0.2, -0.15) is 0 Å². The van der Waals surface area contributed by atoms with E-state index in [1.807, 2.05) is 24.1 Å². The number of aliphatic imine (C=N–C) groups is 1. The Kier molecular flexibility index (Phi) is 9.00. The average molecular weight is 562 g/mol. The molecule has 0 saturated carbocycles. The van der Waals surface area contributed by atoms with Gasteiger partial charge in [0, 0.05) is 44.7 Å². The highest BCUT2D eigenvalue weighted by Gasteiger charge is 2.32. The second-order valence-electron chi connectivity index (χ2n) is 8.81. The van der Waals surface area contributed by atoms with Crippen LogP contribution >= 0.6 is 24.0 Å². The minimum absolute atomic E-state index is 0. The van der Waals surface area contributed by atoms with E-state index in [0.717, 1.165) is 44.2 Å². The number of aryl methyl sites for hydroxylation is 1. The molecule has 0 radical (unpaired) electrons. The van der Waals surface area contributed by atoms with Crippen molar-refractivity contribution in [2.24, 2.45) is 4.99 Å². The fourth-order valence-electron chi connectivity index (χ4n) is 4.62. The molecule has 2 atom stereocenters. The highest BCUT2D eigenvalue weighted by Crippen LogP contribution is 2.38. The lowest BCUT2D eigenvalue weighted by molar-refractivity contribution is -0.127. The number of hydrogen-bond acceptors (Lipinski definition) is 3. The molecule has 6 nitrogen and oxygen atoms in total. The number of guanidine groups is 1. The van der Waals surface area contributed by atoms with E-state index in [1.165, 1.54) is 16.8 Å². The number of carbonyl (C=O) groups is 1. The van der Waals surface area contributed by atoms with E-state index in [9.17, 15) is 4.79 Å². The first kappa shape index (κ1) is 25.3. The van der Waals surface area contributed by atoms with Crippen molar-refractivity contribution < 1.29 is 9.53 Å². The van der Waals surface area contributed by atoms with Gasteiger partial charge >= 0.3 is 0 Å². The van der Waals surface area contributed by atoms with E-state index < -0.39 is 0 Å². The highest BCUT2D eigenvalue weighted by molar-refractivity contribution is 14.0. The van der Waals surface area contributed by atoms with Gasteiger partial charge < -0.3 is 19.9 Å². The molecular weight excluding hydrogens is 527 g/mol. The molecule has 2 aliphatic rings. The largest absolute Gasteiger partial charge is 0.489 e. The van der Waals surface area contributed by atoms with E-state index >= 15 is 0 Å². The van der Waals surface area contributed by atoms with Crippen molar-refractivity contribution in [1.82, 2.24) is 10.2 Å². The molecule has 2 heterocycles. The lowest BCUT2D eigenvalue weighted by Crippen LogP contribution is -2.44. The Morgan fingerprint density at radius 2 is 1.97 bits per heavy atom. The zero-order chi connectivity index (χ0) is 22.5. The van der Waals surface area contributed by atoms with Crippen LogP contribution in [0, 0.1) is 6.92 Å². The molecule has 1 saturated heterocycles. The fraction of sp³-hybridized carbons (Fsp3) is 0.462. The molecule has 178 valence electrons. The van der Waals surface area contributed by atoms with Gasteiger partial charge in [0.15, 0.2) is 5.96 Å². The number of rotatable bonds is 7. The van der Waals surface area contributed by atoms with Crippen LogP contribution in [0.1, 0.15) is 43.2 Å². The van der Waals surface area contributed by atoms with E-state index in [0.29, 0.717) is 24.8 Å². The van der Waals surface area contributed by atoms with Gasteiger partial charge in [-0.1, -0.05) is 35.9 Å². The zero-order valence-electron chi connectivity index (χ0n) is 19.8. The molecule has 0 aromatic heterocycles. The molecule has 7 heteroatoms. The van der Waals surface area contributed by atoms with Crippen molar-refractivity contribution >= 4 is 41.5 Å². The minimum atomic E-state index is 0. The standard InChI is InChI=1S/C26H34N4O2.HI/c1-19-10-12-22(13-11-19)32-20(2)17-28-26(27-3)30-18-21(23-7-4-5-8-24(23)30)14-16-29-15-6-9-25(29)31;/h4-5,7-8,10-13,20-21H,6,9,14-18H2,1-3H3,(H,27,28);1H. The monoisotopic (exact) mass is 562 g/mol. The van der Waals surface area contributed by atoms with Crippen molar-refractivity contribution in [2.45, 2.75) is 45.1 Å². The van der Waals surface area contributed by atoms with Crippen LogP contribution in [0.4, 0.5) is 5.69 Å². The molecule has 1 amide bonds. The number of nitrogens with one attached hydrogen (secondary N) is 1. The Labute approximate surface area is 214 Å². The third kappa shape index (κ3) is 6.19. The second kappa shape index (κ2) is 11.7. The van der Waals surface area contributed by atoms with Crippen molar-refractivity contribution in [3.63, 3.8) is 0 Å². The summed E-state index contributed by atoms with van der Waals surface area (Å²) in [7, 11) is 1.83. The smallest absolute Gasteiger partial charge is 0.222 e. The summed E-state index contributed by atoms with van der Waals surface area (Å²) < 4.78 is 6.05. The molecule has 4 rings (SSSR count). The topological polar surface area (TPSA) is 57.2 Å². The fourth-order valence-corrected chi connectivity index (χ4v) is 4.62. The molecule has 2 aromatic rings. The van der Waals surface area contributed by atoms with E-state index in [1.54, 1.807) is 0 Å². The highest BCUT2D eigenvalue weighted by atomic mass is 127. The lowest BCUT2D eigenvalue weighted by atomic mass is 9.98. The first-order chi connectivity index (χ1) is 15.5. The van der Waals surface area contributed by atoms with Crippen LogP contribution in [0.15, 0.2) is 53.5 Å². The Morgan fingerprint density at radius 1 is 1.21 bits per heavy atom. The number of carbonyl (C=O) groups excluding carboxylic acids is 1. The summed E-state index contributed by atoms with van der Waals surface area (Å²) in [6.45, 7) is 7.40. The van der Waals surface area contributed by atoms with Gasteiger partial charge in [0.25, 0.3) is 0 Å². The van der Waals surface area contributed by atoms with Crippen LogP contribution in [-0.2, 0) is 4.79 Å². The molecule has 1 fully saturated rings. The van der Waals surface area contributed by atoms with E-state index in [2.05, 4.69) is 65.5 Å². The van der Waals surface area contributed by atoms with Crippen molar-refractivity contribution in [3.8, 4) is 5.75 Å². The quantitative estimate of drug-likeness (QED) is 0.305. The van der Waals surface area contributed by atoms with Crippen LogP contribution in [0.2, 0.25) is 0 Å². The van der Waals surface area contributed by atoms with Crippen LogP contribution in [0.5, 0.6) is 5.75 Å². The number of nitrogens with zero attached hydrogens (tertiary/aromatic N) is 3. The normalized spacial score (nSPS) is 18.7. The lowest BCUT2D eigenvalue weighted by Gasteiger charge is -2.25. The van der Waals surface area contributed by atoms with E-state index in [-0.39, 0.29) is 30.1 Å². The Morgan fingerprint density at radius 3 is 2.67 bits per heavy atom. The first-order valence-electron chi connectivity index (χ1n) is 11.6. The summed E-state index contributed by atoms with van der Waals surface area (Å²) >= 11 is 0. The molecule has 0 aliphatic carbocycles. The number of anilines is 1. The number of amides is 1. The SMILES string of the molecule is CN=C(NCC(C)Oc1ccc(C)cc1)N1CC(CCN2CCCC2=O)c2ccccc21.I. The Balaban J connectivity index is 0.00000306. The van der Waals surface area contributed by atoms with Crippen LogP contribution in [0.25, 0.3) is 0 Å². The number of hydrogen-bond donors (Lipinski definition) is 1. The number of para-hydroxylation sites is 1. The first-order valence-corrected chi connectivity index (χ1v) is 11.6. The molecule has 2 aliphatic heterocycles. The summed E-state index contributed by atoms with van der Waals surface area (Å²) in [6, 6.07) is 16.7. The zero-order valence-corrected chi connectivity index (χ0v) is 22.1. The van der Waals surface area contributed by atoms with Gasteiger partial charge in [-0.25, -0.2) is 0 Å². The average Bonchev–Trinajstić information content (AvgIpc) is 3.38. The predicted octanol–water partition coefficient (Wildman–Crippen LogP) is 4.57. The molecule has 33 heavy (non-hydrogen) atoms. The summed E-state index contributed by atoms with van der Waals surface area (Å²) in [5, 5.41) is 3.49. The van der Waals surface area contributed by atoms with Gasteiger partial charge in [0.1, 0.15) is 11.9 Å². The molecule has 2 unspecified atom stereocenters. The molecule has 2 aromatic carbocycles. The van der Waals surface area contributed by atoms with Crippen molar-refractivity contribution in [3.05, 3.63) is 59.7 Å². The molecule has 0 bridgehead atoms. The number of fused-ring (bicyclic) bond motifs is 1. The Bertz CT molecular complexity index is 963. The van der Waals surface area contributed by atoms with Gasteiger partial charge in [0.05, 0.1) is 6.54 Å². The summed E-state index contributed by atoms with van der Waals surface area (Å²) in [5.74, 6) is 2.42. The number of likely N-dealkylation sites (tertiary alicyclic amines) is 1. The summed E-state index contributed by atoms with van der Waals surface area (Å²) in [5.41, 5.74) is 3.76. The molecule has 0 spiro atoms. The minimum Gasteiger partial charge on any atom is -0.489 e. The molecule has 1 N–H and O–H groups in total. The second-order valence-corrected chi connectivity index (χ2v) is 8.81. The maximum Gasteiger partial charge on any atom is 0.222 e. The predicted molar refractivity (Wildman–Crippen MR) is 145 cm³/mol. The van der Waals surface area contributed by atoms with Gasteiger partial charge in [0.2, 0.25) is 5.91 Å². The third-order valence-corrected chi connectivity index (χ3v) is 6.36. The summed E-state index contributed by atoms with van der Waals surface area (Å²) in [6.07, 6.45) is 2.67. The van der Waals surface area contributed by atoms with E-state index in [4.69, 9.17) is 4.74 Å². The van der Waals surface area contributed by atoms with Crippen LogP contribution in [-0.4, -0.2) is 56.1 Å². The van der Waals surface area contributed by atoms with Gasteiger partial charge in [-0.15, -0.1) is 24.0 Å². The summed E-state index contributed by atoms with van der Waals surface area (Å²) in [4.78, 5) is 20.9. The third-order valence-electron chi connectivity index (χ3n) is 6.36. The maximum atomic E-state index is 12.0. The molecular formula is C26H35IN4O2. The Hall–Kier alpha value is -2.29.